The van der Waals surface area contributed by atoms with E-state index in [1.807, 2.05) is 0 Å². The quantitative estimate of drug-likeness (QED) is 0.432. The molecule has 2 aromatic rings. The maximum atomic E-state index is 14.6. The Hall–Kier alpha value is -2.30. The maximum Gasteiger partial charge on any atom is 0.201 e. The van der Waals surface area contributed by atoms with Crippen LogP contribution in [0.5, 0.6) is 5.75 Å². The smallest absolute Gasteiger partial charge is 0.201 e. The fourth-order valence-electron chi connectivity index (χ4n) is 3.58. The summed E-state index contributed by atoms with van der Waals surface area (Å²) in [4.78, 5) is 0. The molecular weight excluding hydrogens is 344 g/mol. The summed E-state index contributed by atoms with van der Waals surface area (Å²) in [6.07, 6.45) is 4.49. The Kier molecular flexibility index (Phi) is 5.35. The minimum Gasteiger partial charge on any atom is -0.462 e. The first-order valence-corrected chi connectivity index (χ1v) is 8.67. The number of hydrogen-bond acceptors (Lipinski definition) is 1. The van der Waals surface area contributed by atoms with Gasteiger partial charge in [-0.15, -0.1) is 0 Å². The highest BCUT2D eigenvalue weighted by Gasteiger charge is 2.26. The second kappa shape index (κ2) is 7.52. The van der Waals surface area contributed by atoms with Gasteiger partial charge in [-0.05, 0) is 42.4 Å². The van der Waals surface area contributed by atoms with Crippen molar-refractivity contribution in [1.29, 1.82) is 0 Å². The normalized spacial score (nSPS) is 20.0. The molecule has 26 heavy (non-hydrogen) atoms. The minimum absolute atomic E-state index is 0.0419. The lowest BCUT2D eigenvalue weighted by Crippen LogP contribution is -2.13. The molecule has 0 amide bonds. The van der Waals surface area contributed by atoms with Crippen LogP contribution in [0.3, 0.4) is 0 Å². The maximum absolute atomic E-state index is 14.6. The van der Waals surface area contributed by atoms with Gasteiger partial charge in [-0.1, -0.05) is 38.5 Å². The van der Waals surface area contributed by atoms with Crippen molar-refractivity contribution in [1.82, 2.24) is 0 Å². The van der Waals surface area contributed by atoms with E-state index in [9.17, 15) is 17.6 Å². The summed E-state index contributed by atoms with van der Waals surface area (Å²) in [6, 6.07) is 5.12. The van der Waals surface area contributed by atoms with Crippen molar-refractivity contribution in [2.45, 2.75) is 38.5 Å². The van der Waals surface area contributed by atoms with E-state index in [0.717, 1.165) is 44.1 Å². The Bertz CT molecular complexity index is 823. The molecule has 138 valence electrons. The SMILES string of the molecule is C=COc1ccc(-c2ccc(C3CCC(C)CC3)c(F)c2F)c(F)c1F. The van der Waals surface area contributed by atoms with Gasteiger partial charge in [0, 0.05) is 11.1 Å². The molecule has 0 unspecified atom stereocenters. The van der Waals surface area contributed by atoms with Crippen molar-refractivity contribution < 1.29 is 22.3 Å². The van der Waals surface area contributed by atoms with E-state index in [1.54, 1.807) is 0 Å². The van der Waals surface area contributed by atoms with Crippen LogP contribution < -0.4 is 4.74 Å². The van der Waals surface area contributed by atoms with Crippen molar-refractivity contribution in [2.24, 2.45) is 5.92 Å². The molecule has 1 nitrogen and oxygen atoms in total. The molecule has 0 aromatic heterocycles. The van der Waals surface area contributed by atoms with Crippen molar-refractivity contribution in [2.75, 3.05) is 0 Å². The van der Waals surface area contributed by atoms with E-state index >= 15 is 0 Å². The highest BCUT2D eigenvalue weighted by Crippen LogP contribution is 2.39. The molecule has 0 N–H and O–H groups in total. The number of ether oxygens (including phenoxy) is 1. The van der Waals surface area contributed by atoms with E-state index in [1.165, 1.54) is 12.1 Å². The molecule has 0 bridgehead atoms. The third kappa shape index (κ3) is 3.35. The lowest BCUT2D eigenvalue weighted by atomic mass is 9.79. The number of halogens is 4. The summed E-state index contributed by atoms with van der Waals surface area (Å²) in [5.41, 5.74) is -0.346. The third-order valence-corrected chi connectivity index (χ3v) is 5.12. The third-order valence-electron chi connectivity index (χ3n) is 5.12. The largest absolute Gasteiger partial charge is 0.462 e. The molecule has 1 fully saturated rings. The zero-order valence-corrected chi connectivity index (χ0v) is 14.5. The van der Waals surface area contributed by atoms with Crippen LogP contribution in [-0.4, -0.2) is 0 Å². The highest BCUT2D eigenvalue weighted by molar-refractivity contribution is 5.66. The fourth-order valence-corrected chi connectivity index (χ4v) is 3.58. The Balaban J connectivity index is 1.99. The Morgan fingerprint density at radius 3 is 2.04 bits per heavy atom. The number of benzene rings is 2. The van der Waals surface area contributed by atoms with Crippen LogP contribution in [-0.2, 0) is 0 Å². The van der Waals surface area contributed by atoms with Crippen molar-refractivity contribution in [3.05, 3.63) is 65.9 Å². The molecule has 0 atom stereocenters. The average Bonchev–Trinajstić information content (AvgIpc) is 2.63. The molecule has 3 rings (SSSR count). The van der Waals surface area contributed by atoms with Gasteiger partial charge in [-0.2, -0.15) is 4.39 Å². The summed E-state index contributed by atoms with van der Waals surface area (Å²) in [7, 11) is 0. The van der Waals surface area contributed by atoms with E-state index in [0.29, 0.717) is 11.5 Å². The van der Waals surface area contributed by atoms with E-state index in [2.05, 4.69) is 13.5 Å². The van der Waals surface area contributed by atoms with Gasteiger partial charge in [0.05, 0.1) is 6.26 Å². The zero-order valence-electron chi connectivity index (χ0n) is 14.5. The van der Waals surface area contributed by atoms with Gasteiger partial charge in [0.2, 0.25) is 5.82 Å². The van der Waals surface area contributed by atoms with Crippen LogP contribution in [0.1, 0.15) is 44.1 Å². The second-order valence-electron chi connectivity index (χ2n) is 6.81. The monoisotopic (exact) mass is 364 g/mol. The van der Waals surface area contributed by atoms with Gasteiger partial charge in [0.1, 0.15) is 0 Å². The molecule has 5 heteroatoms. The van der Waals surface area contributed by atoms with Gasteiger partial charge in [-0.3, -0.25) is 0 Å². The molecule has 0 spiro atoms. The summed E-state index contributed by atoms with van der Waals surface area (Å²) in [5.74, 6) is -4.51. The summed E-state index contributed by atoms with van der Waals surface area (Å²) in [6.45, 7) is 5.42. The molecular formula is C21H20F4O. The van der Waals surface area contributed by atoms with E-state index < -0.39 is 23.3 Å². The first-order valence-electron chi connectivity index (χ1n) is 8.67. The fraction of sp³-hybridized carbons (Fsp3) is 0.333. The second-order valence-corrected chi connectivity index (χ2v) is 6.81. The molecule has 0 aliphatic heterocycles. The van der Waals surface area contributed by atoms with Crippen LogP contribution in [0, 0.1) is 29.2 Å². The summed E-state index contributed by atoms with van der Waals surface area (Å²) >= 11 is 0. The molecule has 0 heterocycles. The lowest BCUT2D eigenvalue weighted by Gasteiger charge is -2.27. The molecule has 1 saturated carbocycles. The Morgan fingerprint density at radius 2 is 1.42 bits per heavy atom. The summed E-state index contributed by atoms with van der Waals surface area (Å²) in [5, 5.41) is 0. The summed E-state index contributed by atoms with van der Waals surface area (Å²) < 4.78 is 62.3. The van der Waals surface area contributed by atoms with Crippen LogP contribution in [0.2, 0.25) is 0 Å². The van der Waals surface area contributed by atoms with Crippen LogP contribution in [0.25, 0.3) is 11.1 Å². The molecule has 0 saturated heterocycles. The molecule has 1 aliphatic rings. The van der Waals surface area contributed by atoms with Crippen molar-refractivity contribution in [3.8, 4) is 16.9 Å². The molecule has 1 aliphatic carbocycles. The van der Waals surface area contributed by atoms with Gasteiger partial charge >= 0.3 is 0 Å². The minimum atomic E-state index is -1.29. The number of rotatable bonds is 4. The van der Waals surface area contributed by atoms with Crippen molar-refractivity contribution in [3.63, 3.8) is 0 Å². The first-order chi connectivity index (χ1) is 12.4. The van der Waals surface area contributed by atoms with Gasteiger partial charge in [-0.25, -0.2) is 13.2 Å². The van der Waals surface area contributed by atoms with Crippen LogP contribution >= 0.6 is 0 Å². The Labute approximate surface area is 150 Å². The van der Waals surface area contributed by atoms with Gasteiger partial charge < -0.3 is 4.74 Å². The lowest BCUT2D eigenvalue weighted by molar-refractivity contribution is 0.339. The highest BCUT2D eigenvalue weighted by atomic mass is 19.2. The topological polar surface area (TPSA) is 9.23 Å². The molecule has 0 radical (unpaired) electrons. The van der Waals surface area contributed by atoms with E-state index in [4.69, 9.17) is 4.74 Å². The molecule has 2 aromatic carbocycles. The average molecular weight is 364 g/mol. The zero-order chi connectivity index (χ0) is 18.8. The number of hydrogen-bond donors (Lipinski definition) is 0. The predicted octanol–water partition coefficient (Wildman–Crippen LogP) is 6.73. The van der Waals surface area contributed by atoms with Crippen molar-refractivity contribution >= 4 is 0 Å². The van der Waals surface area contributed by atoms with Gasteiger partial charge in [0.25, 0.3) is 0 Å². The first kappa shape index (κ1) is 18.5. The van der Waals surface area contributed by atoms with Crippen LogP contribution in [0.15, 0.2) is 37.1 Å². The predicted molar refractivity (Wildman–Crippen MR) is 92.9 cm³/mol. The van der Waals surface area contributed by atoms with Gasteiger partial charge in [0.15, 0.2) is 23.2 Å². The van der Waals surface area contributed by atoms with E-state index in [-0.39, 0.29) is 22.8 Å². The Morgan fingerprint density at radius 1 is 0.846 bits per heavy atom. The van der Waals surface area contributed by atoms with Crippen LogP contribution in [0.4, 0.5) is 17.6 Å². The standard InChI is InChI=1S/C21H20F4O/c1-3-26-17-11-10-16(20(24)21(17)25)15-9-8-14(18(22)19(15)23)13-6-4-12(2)5-7-13/h3,8-13H,1,4-7H2,2H3.